The third-order valence-electron chi connectivity index (χ3n) is 2.91. The minimum atomic E-state index is -0.994. The Morgan fingerprint density at radius 2 is 1.47 bits per heavy atom. The van der Waals surface area contributed by atoms with Crippen LogP contribution in [-0.2, 0) is 9.63 Å². The van der Waals surface area contributed by atoms with Crippen molar-refractivity contribution in [2.75, 3.05) is 13.2 Å². The minimum Gasteiger partial charge on any atom is -0.480 e. The molecular weight excluding hydrogens is 244 g/mol. The zero-order valence-electron chi connectivity index (χ0n) is 12.1. The molecule has 0 unspecified atom stereocenters. The van der Waals surface area contributed by atoms with E-state index >= 15 is 0 Å². The van der Waals surface area contributed by atoms with Crippen molar-refractivity contribution in [2.45, 2.75) is 71.1 Å². The van der Waals surface area contributed by atoms with E-state index in [0.717, 1.165) is 12.8 Å². The Morgan fingerprint density at radius 3 is 2.00 bits per heavy atom. The number of carboxylic acid groups (broad SMARTS) is 1. The zero-order chi connectivity index (χ0) is 14.2. The lowest BCUT2D eigenvalue weighted by Crippen LogP contribution is -1.98. The highest BCUT2D eigenvalue weighted by molar-refractivity contribution is 5.68. The molecule has 0 aliphatic carbocycles. The Labute approximate surface area is 116 Å². The van der Waals surface area contributed by atoms with Crippen LogP contribution in [0.25, 0.3) is 0 Å². The first-order valence-corrected chi connectivity index (χ1v) is 7.48. The van der Waals surface area contributed by atoms with E-state index in [0.29, 0.717) is 6.61 Å². The van der Waals surface area contributed by atoms with Gasteiger partial charge < -0.3 is 9.94 Å². The lowest BCUT2D eigenvalue weighted by atomic mass is 10.1. The predicted molar refractivity (Wildman–Crippen MR) is 75.2 cm³/mol. The van der Waals surface area contributed by atoms with Gasteiger partial charge in [-0.15, -0.1) is 5.11 Å². The zero-order valence-corrected chi connectivity index (χ0v) is 12.1. The molecule has 0 aliphatic rings. The summed E-state index contributed by atoms with van der Waals surface area (Å²) in [6.45, 7) is 2.45. The summed E-state index contributed by atoms with van der Waals surface area (Å²) in [5, 5.41) is 15.0. The van der Waals surface area contributed by atoms with Crippen LogP contribution < -0.4 is 0 Å². The fourth-order valence-corrected chi connectivity index (χ4v) is 1.83. The quantitative estimate of drug-likeness (QED) is 0.290. The fraction of sp³-hybridized carbons (Fsp3) is 0.929. The van der Waals surface area contributed by atoms with Crippen LogP contribution in [0.3, 0.4) is 0 Å². The molecule has 0 aromatic heterocycles. The average molecular weight is 272 g/mol. The van der Waals surface area contributed by atoms with Gasteiger partial charge in [-0.3, -0.25) is 4.79 Å². The molecule has 0 radical (unpaired) electrons. The van der Waals surface area contributed by atoms with Gasteiger partial charge in [-0.05, 0) is 12.8 Å². The molecule has 0 saturated heterocycles. The number of rotatable bonds is 14. The SMILES string of the molecule is CCCCCCCCCCCCO/N=N/CC(=O)O. The molecule has 0 aromatic carbocycles. The monoisotopic (exact) mass is 272 g/mol. The van der Waals surface area contributed by atoms with Crippen molar-refractivity contribution >= 4 is 5.97 Å². The number of nitrogens with zero attached hydrogens (tertiary/aromatic N) is 2. The van der Waals surface area contributed by atoms with Crippen molar-refractivity contribution in [3.05, 3.63) is 0 Å². The number of unbranched alkanes of at least 4 members (excludes halogenated alkanes) is 9. The van der Waals surface area contributed by atoms with Gasteiger partial charge in [0.1, 0.15) is 6.61 Å². The van der Waals surface area contributed by atoms with Crippen LogP contribution >= 0.6 is 0 Å². The standard InChI is InChI=1S/C14H28N2O3/c1-2-3-4-5-6-7-8-9-10-11-12-19-16-15-13-14(17)18/h2-13H2,1H3,(H,17,18)/b16-15+. The lowest BCUT2D eigenvalue weighted by molar-refractivity contribution is -0.135. The summed E-state index contributed by atoms with van der Waals surface area (Å²) < 4.78 is 0. The van der Waals surface area contributed by atoms with Crippen molar-refractivity contribution in [1.29, 1.82) is 0 Å². The number of hydrogen-bond donors (Lipinski definition) is 1. The summed E-state index contributed by atoms with van der Waals surface area (Å²) >= 11 is 0. The number of carbonyl (C=O) groups is 1. The van der Waals surface area contributed by atoms with Gasteiger partial charge in [0, 0.05) is 5.28 Å². The molecule has 0 amide bonds. The van der Waals surface area contributed by atoms with E-state index in [1.165, 1.54) is 51.4 Å². The molecule has 0 spiro atoms. The molecule has 5 nitrogen and oxygen atoms in total. The molecule has 0 bridgehead atoms. The second-order valence-electron chi connectivity index (χ2n) is 4.79. The maximum Gasteiger partial charge on any atom is 0.327 e. The molecule has 0 aliphatic heterocycles. The highest BCUT2D eigenvalue weighted by Crippen LogP contribution is 2.10. The third kappa shape index (κ3) is 16.9. The second-order valence-corrected chi connectivity index (χ2v) is 4.79. The second kappa shape index (κ2) is 14.9. The van der Waals surface area contributed by atoms with Crippen LogP contribution in [0.1, 0.15) is 71.1 Å². The first kappa shape index (κ1) is 17.9. The van der Waals surface area contributed by atoms with Gasteiger partial charge in [-0.1, -0.05) is 58.3 Å². The van der Waals surface area contributed by atoms with E-state index in [1.54, 1.807) is 0 Å². The first-order chi connectivity index (χ1) is 9.27. The Balaban J connectivity index is 3.02. The van der Waals surface area contributed by atoms with Crippen LogP contribution in [0.2, 0.25) is 0 Å². The van der Waals surface area contributed by atoms with Gasteiger partial charge in [-0.2, -0.15) is 0 Å². The highest BCUT2D eigenvalue weighted by Gasteiger charge is 1.93. The first-order valence-electron chi connectivity index (χ1n) is 7.48. The Kier molecular flexibility index (Phi) is 14.0. The van der Waals surface area contributed by atoms with E-state index in [9.17, 15) is 4.79 Å². The largest absolute Gasteiger partial charge is 0.480 e. The molecule has 5 heteroatoms. The van der Waals surface area contributed by atoms with Gasteiger partial charge in [0.15, 0.2) is 6.54 Å². The number of aliphatic carboxylic acids is 1. The van der Waals surface area contributed by atoms with Crippen molar-refractivity contribution in [2.24, 2.45) is 10.4 Å². The summed E-state index contributed by atoms with van der Waals surface area (Å²) in [5.74, 6) is -0.994. The Hall–Kier alpha value is -1.13. The maximum atomic E-state index is 10.1. The Bertz CT molecular complexity index is 233. The van der Waals surface area contributed by atoms with Crippen molar-refractivity contribution in [1.82, 2.24) is 0 Å². The van der Waals surface area contributed by atoms with Gasteiger partial charge in [0.05, 0.1) is 0 Å². The third-order valence-corrected chi connectivity index (χ3v) is 2.91. The molecule has 1 N–H and O–H groups in total. The maximum absolute atomic E-state index is 10.1. The molecule has 112 valence electrons. The molecule has 0 heterocycles. The molecule has 0 saturated carbocycles. The van der Waals surface area contributed by atoms with E-state index in [1.807, 2.05) is 0 Å². The average Bonchev–Trinajstić information content (AvgIpc) is 2.39. The minimum absolute atomic E-state index is 0.321. The number of hydrogen-bond acceptors (Lipinski definition) is 4. The topological polar surface area (TPSA) is 71.2 Å². The van der Waals surface area contributed by atoms with Gasteiger partial charge >= 0.3 is 5.97 Å². The van der Waals surface area contributed by atoms with Gasteiger partial charge in [0.25, 0.3) is 0 Å². The summed E-state index contributed by atoms with van der Waals surface area (Å²) in [4.78, 5) is 15.0. The summed E-state index contributed by atoms with van der Waals surface area (Å²) in [6, 6.07) is 0. The van der Waals surface area contributed by atoms with Crippen molar-refractivity contribution in [3.63, 3.8) is 0 Å². The summed E-state index contributed by atoms with van der Waals surface area (Å²) in [6.07, 6.45) is 12.8. The highest BCUT2D eigenvalue weighted by atomic mass is 16.6. The van der Waals surface area contributed by atoms with E-state index in [4.69, 9.17) is 9.94 Å². The van der Waals surface area contributed by atoms with E-state index in [-0.39, 0.29) is 6.54 Å². The normalized spacial score (nSPS) is 11.0. The summed E-state index contributed by atoms with van der Waals surface area (Å²) in [7, 11) is 0. The summed E-state index contributed by atoms with van der Waals surface area (Å²) in [5.41, 5.74) is 0. The molecule has 0 atom stereocenters. The van der Waals surface area contributed by atoms with Crippen LogP contribution in [0.4, 0.5) is 0 Å². The molecule has 0 aromatic rings. The molecule has 0 fully saturated rings. The lowest BCUT2D eigenvalue weighted by Gasteiger charge is -2.01. The molecule has 0 rings (SSSR count). The predicted octanol–water partition coefficient (Wildman–Crippen LogP) is 4.38. The van der Waals surface area contributed by atoms with Crippen molar-refractivity contribution < 1.29 is 14.7 Å². The van der Waals surface area contributed by atoms with E-state index < -0.39 is 5.97 Å². The molecule has 19 heavy (non-hydrogen) atoms. The van der Waals surface area contributed by atoms with Crippen molar-refractivity contribution in [3.8, 4) is 0 Å². The smallest absolute Gasteiger partial charge is 0.327 e. The Morgan fingerprint density at radius 1 is 0.947 bits per heavy atom. The van der Waals surface area contributed by atoms with Crippen LogP contribution in [0.15, 0.2) is 10.4 Å². The molecular formula is C14H28N2O3. The fourth-order valence-electron chi connectivity index (χ4n) is 1.83. The number of carboxylic acids is 1. The van der Waals surface area contributed by atoms with Gasteiger partial charge in [-0.25, -0.2) is 0 Å². The van der Waals surface area contributed by atoms with Crippen LogP contribution in [0, 0.1) is 0 Å². The van der Waals surface area contributed by atoms with Crippen LogP contribution in [-0.4, -0.2) is 24.2 Å². The van der Waals surface area contributed by atoms with Crippen LogP contribution in [0.5, 0.6) is 0 Å². The van der Waals surface area contributed by atoms with E-state index in [2.05, 4.69) is 17.3 Å². The van der Waals surface area contributed by atoms with Gasteiger partial charge in [0.2, 0.25) is 0 Å².